The number of nitrogens with one attached hydrogen (secondary N) is 1. The molecule has 0 amide bonds. The summed E-state index contributed by atoms with van der Waals surface area (Å²) in [6.45, 7) is 7.23. The molecule has 4 nitrogen and oxygen atoms in total. The Hall–Kier alpha value is -1.27. The zero-order valence-electron chi connectivity index (χ0n) is 11.8. The summed E-state index contributed by atoms with van der Waals surface area (Å²) in [7, 11) is 0. The van der Waals surface area contributed by atoms with Crippen LogP contribution in [0.4, 0.5) is 4.39 Å². The lowest BCUT2D eigenvalue weighted by atomic mass is 10.1. The first-order valence-corrected chi connectivity index (χ1v) is 7.20. The molecule has 0 aliphatic carbocycles. The molecule has 20 heavy (non-hydrogen) atoms. The van der Waals surface area contributed by atoms with Crippen molar-refractivity contribution in [2.45, 2.75) is 39.4 Å². The van der Waals surface area contributed by atoms with Crippen molar-refractivity contribution in [3.05, 3.63) is 46.2 Å². The highest BCUT2D eigenvalue weighted by Crippen LogP contribution is 2.16. The van der Waals surface area contributed by atoms with Crippen LogP contribution in [0.25, 0.3) is 0 Å². The predicted octanol–water partition coefficient (Wildman–Crippen LogP) is 3.12. The van der Waals surface area contributed by atoms with Crippen molar-refractivity contribution in [3.8, 4) is 0 Å². The molecule has 0 fully saturated rings. The van der Waals surface area contributed by atoms with Crippen LogP contribution in [0.15, 0.2) is 29.0 Å². The topological polar surface area (TPSA) is 42.7 Å². The van der Waals surface area contributed by atoms with Gasteiger partial charge in [-0.1, -0.05) is 22.0 Å². The summed E-state index contributed by atoms with van der Waals surface area (Å²) in [6.07, 6.45) is 1.50. The molecule has 0 atom stereocenters. The maximum atomic E-state index is 13.8. The fraction of sp³-hybridized carbons (Fsp3) is 0.429. The van der Waals surface area contributed by atoms with Gasteiger partial charge in [0.1, 0.15) is 18.0 Å². The Bertz CT molecular complexity index is 589. The first-order chi connectivity index (χ1) is 9.35. The second-order valence-corrected chi connectivity index (χ2v) is 6.59. The van der Waals surface area contributed by atoms with E-state index in [2.05, 4.69) is 52.1 Å². The van der Waals surface area contributed by atoms with Crippen LogP contribution in [-0.4, -0.2) is 20.3 Å². The predicted molar refractivity (Wildman–Crippen MR) is 79.8 cm³/mol. The first kappa shape index (κ1) is 15.1. The van der Waals surface area contributed by atoms with Gasteiger partial charge in [0.25, 0.3) is 0 Å². The van der Waals surface area contributed by atoms with Crippen LogP contribution in [-0.2, 0) is 13.1 Å². The third-order valence-electron chi connectivity index (χ3n) is 2.81. The molecule has 1 aromatic heterocycles. The molecule has 6 heteroatoms. The Labute approximate surface area is 126 Å². The summed E-state index contributed by atoms with van der Waals surface area (Å²) in [4.78, 5) is 4.22. The van der Waals surface area contributed by atoms with Gasteiger partial charge in [0, 0.05) is 15.6 Å². The van der Waals surface area contributed by atoms with Gasteiger partial charge in [-0.15, -0.1) is 0 Å². The van der Waals surface area contributed by atoms with Crippen LogP contribution >= 0.6 is 15.9 Å². The van der Waals surface area contributed by atoms with Gasteiger partial charge in [-0.05, 0) is 32.9 Å². The Morgan fingerprint density at radius 2 is 2.10 bits per heavy atom. The summed E-state index contributed by atoms with van der Waals surface area (Å²) in [5.41, 5.74) is 0.593. The van der Waals surface area contributed by atoms with E-state index in [0.717, 1.165) is 10.3 Å². The third kappa shape index (κ3) is 4.11. The van der Waals surface area contributed by atoms with Gasteiger partial charge in [0.15, 0.2) is 0 Å². The largest absolute Gasteiger partial charge is 0.305 e. The first-order valence-electron chi connectivity index (χ1n) is 6.41. The van der Waals surface area contributed by atoms with Gasteiger partial charge in [-0.25, -0.2) is 14.1 Å². The standard InChI is InChI=1S/C14H18BrFN4/c1-14(2,3)18-7-13-17-9-19-20(13)8-10-4-5-11(15)6-12(10)16/h4-6,9,18H,7-8H2,1-3H3. The zero-order chi connectivity index (χ0) is 14.8. The molecule has 0 aliphatic heterocycles. The maximum absolute atomic E-state index is 13.8. The summed E-state index contributed by atoms with van der Waals surface area (Å²) in [5.74, 6) is 0.548. The van der Waals surface area contributed by atoms with Crippen LogP contribution in [0, 0.1) is 5.82 Å². The highest BCUT2D eigenvalue weighted by atomic mass is 79.9. The van der Waals surface area contributed by atoms with E-state index in [9.17, 15) is 4.39 Å². The van der Waals surface area contributed by atoms with Gasteiger partial charge in [0.05, 0.1) is 13.1 Å². The Morgan fingerprint density at radius 3 is 2.75 bits per heavy atom. The van der Waals surface area contributed by atoms with Crippen LogP contribution < -0.4 is 5.32 Å². The minimum atomic E-state index is -0.246. The van der Waals surface area contributed by atoms with E-state index in [1.54, 1.807) is 10.7 Å². The van der Waals surface area contributed by atoms with E-state index in [-0.39, 0.29) is 11.4 Å². The average Bonchev–Trinajstić information content (AvgIpc) is 2.77. The summed E-state index contributed by atoms with van der Waals surface area (Å²) in [6, 6.07) is 5.03. The molecule has 1 heterocycles. The van der Waals surface area contributed by atoms with Crippen molar-refractivity contribution in [2.24, 2.45) is 0 Å². The van der Waals surface area contributed by atoms with Gasteiger partial charge >= 0.3 is 0 Å². The number of aromatic nitrogens is 3. The molecular formula is C14H18BrFN4. The Balaban J connectivity index is 2.12. The number of hydrogen-bond donors (Lipinski definition) is 1. The molecule has 0 bridgehead atoms. The van der Waals surface area contributed by atoms with E-state index >= 15 is 0 Å². The number of hydrogen-bond acceptors (Lipinski definition) is 3. The fourth-order valence-corrected chi connectivity index (χ4v) is 2.05. The summed E-state index contributed by atoms with van der Waals surface area (Å²) in [5, 5.41) is 7.51. The third-order valence-corrected chi connectivity index (χ3v) is 3.30. The lowest BCUT2D eigenvalue weighted by molar-refractivity contribution is 0.409. The van der Waals surface area contributed by atoms with Gasteiger partial charge in [-0.3, -0.25) is 0 Å². The average molecular weight is 341 g/mol. The van der Waals surface area contributed by atoms with Crippen molar-refractivity contribution in [1.29, 1.82) is 0 Å². The molecular weight excluding hydrogens is 323 g/mol. The maximum Gasteiger partial charge on any atom is 0.141 e. The Morgan fingerprint density at radius 1 is 1.35 bits per heavy atom. The molecule has 2 aromatic rings. The molecule has 0 aliphatic rings. The van der Waals surface area contributed by atoms with Gasteiger partial charge < -0.3 is 5.32 Å². The van der Waals surface area contributed by atoms with Gasteiger partial charge in [0.2, 0.25) is 0 Å². The normalized spacial score (nSPS) is 11.8. The molecule has 0 unspecified atom stereocenters. The van der Waals surface area contributed by atoms with E-state index in [1.165, 1.54) is 12.4 Å². The quantitative estimate of drug-likeness (QED) is 0.929. The minimum Gasteiger partial charge on any atom is -0.305 e. The molecule has 0 spiro atoms. The number of rotatable bonds is 4. The highest BCUT2D eigenvalue weighted by Gasteiger charge is 2.13. The lowest BCUT2D eigenvalue weighted by Crippen LogP contribution is -2.36. The minimum absolute atomic E-state index is 0.000356. The molecule has 0 radical (unpaired) electrons. The second kappa shape index (κ2) is 6.01. The molecule has 0 saturated heterocycles. The smallest absolute Gasteiger partial charge is 0.141 e. The van der Waals surface area contributed by atoms with Crippen molar-refractivity contribution in [2.75, 3.05) is 0 Å². The zero-order valence-corrected chi connectivity index (χ0v) is 13.4. The van der Waals surface area contributed by atoms with Crippen molar-refractivity contribution in [3.63, 3.8) is 0 Å². The fourth-order valence-electron chi connectivity index (χ4n) is 1.71. The van der Waals surface area contributed by atoms with Crippen LogP contribution in [0.3, 0.4) is 0 Å². The number of benzene rings is 1. The van der Waals surface area contributed by atoms with Crippen LogP contribution in [0.2, 0.25) is 0 Å². The SMILES string of the molecule is CC(C)(C)NCc1ncnn1Cc1ccc(Br)cc1F. The number of halogens is 2. The van der Waals surface area contributed by atoms with Crippen LogP contribution in [0.1, 0.15) is 32.2 Å². The monoisotopic (exact) mass is 340 g/mol. The second-order valence-electron chi connectivity index (χ2n) is 5.67. The molecule has 1 N–H and O–H groups in total. The molecule has 0 saturated carbocycles. The summed E-state index contributed by atoms with van der Waals surface area (Å²) >= 11 is 3.25. The van der Waals surface area contributed by atoms with E-state index in [1.807, 2.05) is 6.07 Å². The van der Waals surface area contributed by atoms with E-state index in [4.69, 9.17) is 0 Å². The number of nitrogens with zero attached hydrogens (tertiary/aromatic N) is 3. The molecule has 1 aromatic carbocycles. The van der Waals surface area contributed by atoms with Gasteiger partial charge in [-0.2, -0.15) is 5.10 Å². The Kier molecular flexibility index (Phi) is 4.55. The molecule has 108 valence electrons. The van der Waals surface area contributed by atoms with Crippen molar-refractivity contribution >= 4 is 15.9 Å². The van der Waals surface area contributed by atoms with Crippen molar-refractivity contribution < 1.29 is 4.39 Å². The van der Waals surface area contributed by atoms with E-state index in [0.29, 0.717) is 18.7 Å². The van der Waals surface area contributed by atoms with E-state index < -0.39 is 0 Å². The van der Waals surface area contributed by atoms with Crippen LogP contribution in [0.5, 0.6) is 0 Å². The lowest BCUT2D eigenvalue weighted by Gasteiger charge is -2.20. The highest BCUT2D eigenvalue weighted by molar-refractivity contribution is 9.10. The van der Waals surface area contributed by atoms with Crippen molar-refractivity contribution in [1.82, 2.24) is 20.1 Å². The molecule has 2 rings (SSSR count). The summed E-state index contributed by atoms with van der Waals surface area (Å²) < 4.78 is 16.3.